The summed E-state index contributed by atoms with van der Waals surface area (Å²) in [6.07, 6.45) is 3.16. The average Bonchev–Trinajstić information content (AvgIpc) is 3.02. The molecule has 1 aliphatic heterocycles. The Morgan fingerprint density at radius 2 is 1.96 bits per heavy atom. The number of esters is 1. The number of aromatic amines is 1. The third-order valence-electron chi connectivity index (χ3n) is 5.58. The predicted octanol–water partition coefficient (Wildman–Crippen LogP) is 3.94. The van der Waals surface area contributed by atoms with Crippen LogP contribution in [0.1, 0.15) is 45.1 Å². The Morgan fingerprint density at radius 1 is 1.22 bits per heavy atom. The number of aromatic nitrogens is 1. The second-order valence-corrected chi connectivity index (χ2v) is 8.21. The van der Waals surface area contributed by atoms with Crippen LogP contribution < -0.4 is 5.32 Å². The lowest BCUT2D eigenvalue weighted by atomic mass is 9.68. The highest BCUT2D eigenvalue weighted by atomic mass is 16.5. The van der Waals surface area contributed by atoms with Crippen molar-refractivity contribution >= 4 is 22.7 Å². The van der Waals surface area contributed by atoms with Crippen molar-refractivity contribution in [1.82, 2.24) is 10.3 Å². The Bertz CT molecular complexity index is 1020. The second-order valence-electron chi connectivity index (χ2n) is 8.21. The molecule has 0 amide bonds. The molecule has 140 valence electrons. The van der Waals surface area contributed by atoms with Gasteiger partial charge < -0.3 is 15.0 Å². The van der Waals surface area contributed by atoms with Crippen molar-refractivity contribution in [2.75, 3.05) is 7.11 Å². The zero-order chi connectivity index (χ0) is 19.3. The fourth-order valence-electron chi connectivity index (χ4n) is 4.46. The van der Waals surface area contributed by atoms with Crippen molar-refractivity contribution in [3.8, 4) is 0 Å². The summed E-state index contributed by atoms with van der Waals surface area (Å²) in [5.41, 5.74) is 4.71. The van der Waals surface area contributed by atoms with Crippen LogP contribution in [0.3, 0.4) is 0 Å². The number of rotatable bonds is 2. The van der Waals surface area contributed by atoms with Gasteiger partial charge in [0.2, 0.25) is 0 Å². The van der Waals surface area contributed by atoms with Gasteiger partial charge in [0.15, 0.2) is 5.78 Å². The van der Waals surface area contributed by atoms with Crippen LogP contribution >= 0.6 is 0 Å². The number of ketones is 1. The topological polar surface area (TPSA) is 71.2 Å². The van der Waals surface area contributed by atoms with E-state index in [0.717, 1.165) is 34.3 Å². The van der Waals surface area contributed by atoms with E-state index in [4.69, 9.17) is 4.74 Å². The molecule has 0 radical (unpaired) electrons. The fourth-order valence-corrected chi connectivity index (χ4v) is 4.46. The number of carbonyl (C=O) groups is 2. The Morgan fingerprint density at radius 3 is 2.70 bits per heavy atom. The largest absolute Gasteiger partial charge is 0.466 e. The van der Waals surface area contributed by atoms with Gasteiger partial charge in [0.1, 0.15) is 0 Å². The summed E-state index contributed by atoms with van der Waals surface area (Å²) in [5, 5.41) is 4.35. The maximum absolute atomic E-state index is 13.2. The van der Waals surface area contributed by atoms with Crippen LogP contribution in [0.5, 0.6) is 0 Å². The number of hydrogen-bond donors (Lipinski definition) is 2. The minimum Gasteiger partial charge on any atom is -0.466 e. The summed E-state index contributed by atoms with van der Waals surface area (Å²) < 4.78 is 5.08. The molecule has 4 rings (SSSR count). The zero-order valence-electron chi connectivity index (χ0n) is 16.1. The molecule has 0 saturated carbocycles. The molecular weight excluding hydrogens is 340 g/mol. The average molecular weight is 364 g/mol. The van der Waals surface area contributed by atoms with Crippen molar-refractivity contribution in [2.45, 2.75) is 39.5 Å². The van der Waals surface area contributed by atoms with E-state index < -0.39 is 11.9 Å². The van der Waals surface area contributed by atoms with E-state index >= 15 is 0 Å². The standard InChI is InChI=1S/C22H24N2O3/c1-12-18(21(26)27-4)19(14-11-23-15-8-6-5-7-13(14)15)20-16(24-12)9-22(2,3)10-17(20)25/h5-8,11,19,23-24H,9-10H2,1-4H3/t19-/m1/s1. The minimum atomic E-state index is -0.423. The van der Waals surface area contributed by atoms with Crippen LogP contribution in [0.4, 0.5) is 0 Å². The van der Waals surface area contributed by atoms with Gasteiger partial charge in [-0.15, -0.1) is 0 Å². The van der Waals surface area contributed by atoms with E-state index in [2.05, 4.69) is 24.1 Å². The Labute approximate surface area is 158 Å². The first-order valence-corrected chi connectivity index (χ1v) is 9.21. The lowest BCUT2D eigenvalue weighted by Gasteiger charge is -2.39. The highest BCUT2D eigenvalue weighted by molar-refractivity contribution is 6.05. The monoisotopic (exact) mass is 364 g/mol. The number of nitrogens with one attached hydrogen (secondary N) is 2. The molecule has 0 bridgehead atoms. The SMILES string of the molecule is COC(=O)C1=C(C)NC2=C(C(=O)CC(C)(C)C2)[C@@H]1c1c[nH]c2ccccc12. The van der Waals surface area contributed by atoms with Crippen molar-refractivity contribution in [2.24, 2.45) is 5.41 Å². The van der Waals surface area contributed by atoms with Crippen molar-refractivity contribution in [3.63, 3.8) is 0 Å². The lowest BCUT2D eigenvalue weighted by molar-refractivity contribution is -0.136. The molecule has 2 aromatic rings. The smallest absolute Gasteiger partial charge is 0.336 e. The number of carbonyl (C=O) groups excluding carboxylic acids is 2. The maximum Gasteiger partial charge on any atom is 0.336 e. The van der Waals surface area contributed by atoms with Gasteiger partial charge in [-0.05, 0) is 30.4 Å². The molecule has 1 atom stereocenters. The predicted molar refractivity (Wildman–Crippen MR) is 104 cm³/mol. The third-order valence-corrected chi connectivity index (χ3v) is 5.58. The highest BCUT2D eigenvalue weighted by Crippen LogP contribution is 2.47. The van der Waals surface area contributed by atoms with Crippen molar-refractivity contribution in [3.05, 3.63) is 58.6 Å². The summed E-state index contributed by atoms with van der Waals surface area (Å²) >= 11 is 0. The first-order chi connectivity index (χ1) is 12.8. The lowest BCUT2D eigenvalue weighted by Crippen LogP contribution is -2.38. The molecule has 0 unspecified atom stereocenters. The van der Waals surface area contributed by atoms with Crippen LogP contribution in [0, 0.1) is 5.41 Å². The number of ether oxygens (including phenoxy) is 1. The summed E-state index contributed by atoms with van der Waals surface area (Å²) in [6, 6.07) is 7.95. The number of methoxy groups -OCH3 is 1. The molecule has 2 N–H and O–H groups in total. The molecule has 0 fully saturated rings. The number of para-hydroxylation sites is 1. The number of H-pyrrole nitrogens is 1. The van der Waals surface area contributed by atoms with E-state index in [1.807, 2.05) is 37.4 Å². The molecule has 1 aromatic carbocycles. The van der Waals surface area contributed by atoms with Gasteiger partial charge in [-0.3, -0.25) is 4.79 Å². The number of benzene rings is 1. The molecule has 5 heteroatoms. The molecule has 1 aliphatic carbocycles. The van der Waals surface area contributed by atoms with E-state index in [-0.39, 0.29) is 11.2 Å². The number of fused-ring (bicyclic) bond motifs is 1. The Balaban J connectivity index is 1.97. The van der Waals surface area contributed by atoms with Crippen LogP contribution in [0.15, 0.2) is 53.0 Å². The number of dihydropyridines is 1. The normalized spacial score (nSPS) is 21.9. The molecule has 0 saturated heterocycles. The molecule has 5 nitrogen and oxygen atoms in total. The van der Waals surface area contributed by atoms with Gasteiger partial charge in [0.25, 0.3) is 0 Å². The summed E-state index contributed by atoms with van der Waals surface area (Å²) in [4.78, 5) is 29.1. The van der Waals surface area contributed by atoms with Gasteiger partial charge in [0.05, 0.1) is 18.6 Å². The fraction of sp³-hybridized carbons (Fsp3) is 0.364. The molecule has 27 heavy (non-hydrogen) atoms. The molecule has 1 aromatic heterocycles. The van der Waals surface area contributed by atoms with Crippen molar-refractivity contribution in [1.29, 1.82) is 0 Å². The van der Waals surface area contributed by atoms with Gasteiger partial charge in [-0.1, -0.05) is 32.0 Å². The van der Waals surface area contributed by atoms with Crippen molar-refractivity contribution < 1.29 is 14.3 Å². The van der Waals surface area contributed by atoms with E-state index in [0.29, 0.717) is 17.6 Å². The third kappa shape index (κ3) is 2.78. The van der Waals surface area contributed by atoms with Gasteiger partial charge in [0, 0.05) is 40.5 Å². The van der Waals surface area contributed by atoms with Gasteiger partial charge in [-0.2, -0.15) is 0 Å². The van der Waals surface area contributed by atoms with Gasteiger partial charge in [-0.25, -0.2) is 4.79 Å². The minimum absolute atomic E-state index is 0.0953. The summed E-state index contributed by atoms with van der Waals surface area (Å²) in [6.45, 7) is 6.09. The van der Waals surface area contributed by atoms with E-state index in [1.54, 1.807) is 0 Å². The first-order valence-electron chi connectivity index (χ1n) is 9.21. The Hall–Kier alpha value is -2.82. The van der Waals surface area contributed by atoms with Crippen LogP contribution in [0.25, 0.3) is 10.9 Å². The number of allylic oxidation sites excluding steroid dienone is 3. The molecule has 2 heterocycles. The van der Waals surface area contributed by atoms with Crippen LogP contribution in [-0.2, 0) is 14.3 Å². The van der Waals surface area contributed by atoms with Gasteiger partial charge >= 0.3 is 5.97 Å². The molecule has 2 aliphatic rings. The zero-order valence-corrected chi connectivity index (χ0v) is 16.1. The maximum atomic E-state index is 13.2. The summed E-state index contributed by atoms with van der Waals surface area (Å²) in [7, 11) is 1.38. The van der Waals surface area contributed by atoms with Crippen LogP contribution in [0.2, 0.25) is 0 Å². The quantitative estimate of drug-likeness (QED) is 0.792. The Kier molecular flexibility index (Phi) is 3.98. The number of Topliss-reactive ketones (excluding diaryl/α,β-unsaturated/α-hetero) is 1. The highest BCUT2D eigenvalue weighted by Gasteiger charge is 2.43. The molecule has 0 spiro atoms. The second kappa shape index (κ2) is 6.12. The molecular formula is C22H24N2O3. The summed E-state index contributed by atoms with van der Waals surface area (Å²) in [5.74, 6) is -0.731. The van der Waals surface area contributed by atoms with Crippen LogP contribution in [-0.4, -0.2) is 23.8 Å². The first kappa shape index (κ1) is 17.6. The number of hydrogen-bond acceptors (Lipinski definition) is 4. The van der Waals surface area contributed by atoms with E-state index in [9.17, 15) is 9.59 Å². The van der Waals surface area contributed by atoms with E-state index in [1.165, 1.54) is 7.11 Å².